The van der Waals surface area contributed by atoms with E-state index in [0.29, 0.717) is 6.54 Å². The lowest BCUT2D eigenvalue weighted by molar-refractivity contribution is 0.250. The van der Waals surface area contributed by atoms with Gasteiger partial charge < -0.3 is 5.11 Å². The Bertz CT molecular complexity index is 264. The summed E-state index contributed by atoms with van der Waals surface area (Å²) in [6, 6.07) is 0. The molecule has 0 saturated heterocycles. The Balaban J connectivity index is 4.64. The Morgan fingerprint density at radius 3 is 2.13 bits per heavy atom. The van der Waals surface area contributed by atoms with Gasteiger partial charge in [-0.25, -0.2) is 0 Å². The predicted molar refractivity (Wildman–Crippen MR) is 60.8 cm³/mol. The zero-order chi connectivity index (χ0) is 12.1. The van der Waals surface area contributed by atoms with Crippen LogP contribution in [0, 0.1) is 0 Å². The second-order valence-corrected chi connectivity index (χ2v) is 6.15. The van der Waals surface area contributed by atoms with Gasteiger partial charge in [-0.3, -0.25) is 0 Å². The Labute approximate surface area is 92.7 Å². The van der Waals surface area contributed by atoms with Crippen molar-refractivity contribution in [3.8, 4) is 0 Å². The van der Waals surface area contributed by atoms with Crippen molar-refractivity contribution in [3.05, 3.63) is 0 Å². The number of aliphatic hydroxyl groups is 1. The fourth-order valence-electron chi connectivity index (χ4n) is 1.16. The fraction of sp³-hybridized carbons (Fsp3) is 1.00. The molecule has 0 aliphatic rings. The van der Waals surface area contributed by atoms with E-state index in [-0.39, 0.29) is 13.2 Å². The van der Waals surface area contributed by atoms with Crippen molar-refractivity contribution in [2.45, 2.75) is 39.7 Å². The summed E-state index contributed by atoms with van der Waals surface area (Å²) < 4.78 is 27.5. The van der Waals surface area contributed by atoms with Gasteiger partial charge in [0.2, 0.25) is 0 Å². The lowest BCUT2D eigenvalue weighted by Gasteiger charge is -2.27. The van der Waals surface area contributed by atoms with E-state index < -0.39 is 15.7 Å². The molecule has 0 aromatic carbocycles. The van der Waals surface area contributed by atoms with E-state index in [0.717, 1.165) is 6.42 Å². The molecule has 0 saturated carbocycles. The van der Waals surface area contributed by atoms with E-state index in [9.17, 15) is 8.42 Å². The topological polar surface area (TPSA) is 69.6 Å². The number of aliphatic hydroxyl groups excluding tert-OH is 1. The van der Waals surface area contributed by atoms with Crippen molar-refractivity contribution in [1.82, 2.24) is 9.03 Å². The minimum atomic E-state index is -3.48. The first-order valence-corrected chi connectivity index (χ1v) is 6.57. The third-order valence-corrected chi connectivity index (χ3v) is 3.51. The van der Waals surface area contributed by atoms with Gasteiger partial charge in [-0.15, -0.1) is 0 Å². The Hall–Kier alpha value is -0.170. The third-order valence-electron chi connectivity index (χ3n) is 1.60. The van der Waals surface area contributed by atoms with Crippen LogP contribution < -0.4 is 4.72 Å². The second-order valence-electron chi connectivity index (χ2n) is 4.48. The lowest BCUT2D eigenvalue weighted by atomic mass is 10.1. The number of hydrogen-bond donors (Lipinski definition) is 2. The molecule has 0 bridgehead atoms. The second kappa shape index (κ2) is 5.79. The van der Waals surface area contributed by atoms with Crippen LogP contribution in [0.1, 0.15) is 34.1 Å². The summed E-state index contributed by atoms with van der Waals surface area (Å²) in [6.45, 7) is 7.65. The van der Waals surface area contributed by atoms with Gasteiger partial charge in [-0.05, 0) is 27.2 Å². The molecule has 5 nitrogen and oxygen atoms in total. The van der Waals surface area contributed by atoms with Crippen molar-refractivity contribution in [3.63, 3.8) is 0 Å². The molecule has 0 aliphatic heterocycles. The Morgan fingerprint density at radius 2 is 1.80 bits per heavy atom. The molecule has 0 spiro atoms. The summed E-state index contributed by atoms with van der Waals surface area (Å²) in [4.78, 5) is 0. The van der Waals surface area contributed by atoms with Crippen LogP contribution in [0.3, 0.4) is 0 Å². The van der Waals surface area contributed by atoms with Gasteiger partial charge in [0.15, 0.2) is 0 Å². The standard InChI is InChI=1S/C9H22N2O3S/c1-5-6-11(7-8-12)15(13,14)10-9(2,3)4/h10,12H,5-8H2,1-4H3. The number of nitrogens with one attached hydrogen (secondary N) is 1. The highest BCUT2D eigenvalue weighted by molar-refractivity contribution is 7.87. The molecule has 2 N–H and O–H groups in total. The minimum absolute atomic E-state index is 0.138. The molecule has 0 fully saturated rings. The summed E-state index contributed by atoms with van der Waals surface area (Å²) in [5.41, 5.74) is -0.500. The van der Waals surface area contributed by atoms with Crippen molar-refractivity contribution in [1.29, 1.82) is 0 Å². The maximum absolute atomic E-state index is 11.8. The van der Waals surface area contributed by atoms with E-state index in [1.807, 2.05) is 6.92 Å². The van der Waals surface area contributed by atoms with Gasteiger partial charge in [0, 0.05) is 18.6 Å². The molecule has 15 heavy (non-hydrogen) atoms. The molecule has 0 aliphatic carbocycles. The Morgan fingerprint density at radius 1 is 1.27 bits per heavy atom. The van der Waals surface area contributed by atoms with Crippen molar-refractivity contribution >= 4 is 10.2 Å². The molecule has 0 amide bonds. The van der Waals surface area contributed by atoms with E-state index >= 15 is 0 Å². The van der Waals surface area contributed by atoms with Gasteiger partial charge in [-0.1, -0.05) is 6.92 Å². The fourth-order valence-corrected chi connectivity index (χ4v) is 2.81. The molecule has 0 aromatic rings. The van der Waals surface area contributed by atoms with Crippen LogP contribution in [0.5, 0.6) is 0 Å². The largest absolute Gasteiger partial charge is 0.395 e. The summed E-state index contributed by atoms with van der Waals surface area (Å²) in [6.07, 6.45) is 0.727. The summed E-state index contributed by atoms with van der Waals surface area (Å²) >= 11 is 0. The van der Waals surface area contributed by atoms with E-state index in [1.165, 1.54) is 4.31 Å². The first kappa shape index (κ1) is 14.8. The Kier molecular flexibility index (Phi) is 5.72. The number of rotatable bonds is 6. The minimum Gasteiger partial charge on any atom is -0.395 e. The SMILES string of the molecule is CCCN(CCO)S(=O)(=O)NC(C)(C)C. The third kappa shape index (κ3) is 6.09. The van der Waals surface area contributed by atoms with Crippen LogP contribution in [-0.4, -0.2) is 43.1 Å². The van der Waals surface area contributed by atoms with E-state index in [1.54, 1.807) is 20.8 Å². The summed E-state index contributed by atoms with van der Waals surface area (Å²) in [7, 11) is -3.48. The van der Waals surface area contributed by atoms with Crippen LogP contribution in [0.2, 0.25) is 0 Å². The van der Waals surface area contributed by atoms with Crippen molar-refractivity contribution in [2.24, 2.45) is 0 Å². The van der Waals surface area contributed by atoms with Crippen LogP contribution in [0.25, 0.3) is 0 Å². The lowest BCUT2D eigenvalue weighted by Crippen LogP contribution is -2.49. The molecule has 0 aromatic heterocycles. The monoisotopic (exact) mass is 238 g/mol. The summed E-state index contributed by atoms with van der Waals surface area (Å²) in [5.74, 6) is 0. The van der Waals surface area contributed by atoms with Gasteiger partial charge in [0.25, 0.3) is 10.2 Å². The van der Waals surface area contributed by atoms with E-state index in [4.69, 9.17) is 5.11 Å². The highest BCUT2D eigenvalue weighted by Crippen LogP contribution is 2.06. The molecule has 0 heterocycles. The molecule has 0 rings (SSSR count). The quantitative estimate of drug-likeness (QED) is 0.700. The zero-order valence-electron chi connectivity index (χ0n) is 9.95. The van der Waals surface area contributed by atoms with Gasteiger partial charge in [-0.2, -0.15) is 17.4 Å². The predicted octanol–water partition coefficient (Wildman–Crippen LogP) is 0.324. The van der Waals surface area contributed by atoms with Gasteiger partial charge in [0.05, 0.1) is 6.61 Å². The van der Waals surface area contributed by atoms with Crippen molar-refractivity contribution in [2.75, 3.05) is 19.7 Å². The number of nitrogens with zero attached hydrogens (tertiary/aromatic N) is 1. The molecule has 6 heteroatoms. The smallest absolute Gasteiger partial charge is 0.280 e. The first-order chi connectivity index (χ1) is 6.73. The highest BCUT2D eigenvalue weighted by atomic mass is 32.2. The number of hydrogen-bond acceptors (Lipinski definition) is 3. The van der Waals surface area contributed by atoms with Gasteiger partial charge in [0.1, 0.15) is 0 Å². The molecule has 0 unspecified atom stereocenters. The zero-order valence-corrected chi connectivity index (χ0v) is 10.8. The van der Waals surface area contributed by atoms with Gasteiger partial charge >= 0.3 is 0 Å². The molecular formula is C9H22N2O3S. The molecule has 92 valence electrons. The van der Waals surface area contributed by atoms with E-state index in [2.05, 4.69) is 4.72 Å². The first-order valence-electron chi connectivity index (χ1n) is 5.13. The molecule has 0 radical (unpaired) electrons. The summed E-state index contributed by atoms with van der Waals surface area (Å²) in [5, 5.41) is 8.79. The average Bonchev–Trinajstić information content (AvgIpc) is 1.99. The van der Waals surface area contributed by atoms with Crippen molar-refractivity contribution < 1.29 is 13.5 Å². The van der Waals surface area contributed by atoms with Crippen LogP contribution >= 0.6 is 0 Å². The van der Waals surface area contributed by atoms with Crippen LogP contribution in [0.4, 0.5) is 0 Å². The molecular weight excluding hydrogens is 216 g/mol. The maximum atomic E-state index is 11.8. The van der Waals surface area contributed by atoms with Crippen LogP contribution in [0.15, 0.2) is 0 Å². The highest BCUT2D eigenvalue weighted by Gasteiger charge is 2.25. The average molecular weight is 238 g/mol. The maximum Gasteiger partial charge on any atom is 0.280 e. The van der Waals surface area contributed by atoms with Crippen LogP contribution in [-0.2, 0) is 10.2 Å². The molecule has 0 atom stereocenters. The normalized spacial score (nSPS) is 13.5.